The molecule has 244 valence electrons. The van der Waals surface area contributed by atoms with E-state index in [-0.39, 0.29) is 17.4 Å². The molecule has 0 spiro atoms. The monoisotopic (exact) mass is 618 g/mol. The predicted octanol–water partition coefficient (Wildman–Crippen LogP) is 7.56. The van der Waals surface area contributed by atoms with Crippen LogP contribution in [0.15, 0.2) is 66.7 Å². The van der Waals surface area contributed by atoms with E-state index in [0.717, 1.165) is 88.5 Å². The highest BCUT2D eigenvalue weighted by atomic mass is 16.5. The zero-order chi connectivity index (χ0) is 32.1. The molecule has 0 aromatic heterocycles. The normalized spacial score (nSPS) is 10.8. The number of ether oxygens (including phenoxy) is 4. The van der Waals surface area contributed by atoms with E-state index in [0.29, 0.717) is 49.1 Å². The smallest absolute Gasteiger partial charge is 0.126 e. The molecular formula is C36H50N4O5. The fourth-order valence-electron chi connectivity index (χ4n) is 4.77. The Morgan fingerprint density at radius 1 is 0.444 bits per heavy atom. The Hall–Kier alpha value is -4.40. The van der Waals surface area contributed by atoms with Gasteiger partial charge in [-0.3, -0.25) is 10.8 Å². The number of benzene rings is 3. The van der Waals surface area contributed by atoms with Gasteiger partial charge in [0, 0.05) is 29.3 Å². The quantitative estimate of drug-likeness (QED) is 0.0394. The molecule has 0 unspecified atom stereocenters. The molecular weight excluding hydrogens is 568 g/mol. The molecule has 0 radical (unpaired) electrons. The minimum Gasteiger partial charge on any atom is -0.508 e. The molecule has 7 N–H and O–H groups in total. The topological polar surface area (TPSA) is 157 Å². The van der Waals surface area contributed by atoms with Crippen molar-refractivity contribution in [1.82, 2.24) is 0 Å². The molecule has 0 amide bonds. The number of nitrogens with one attached hydrogen (secondary N) is 2. The fraction of sp³-hybridized carbons (Fsp3) is 0.444. The summed E-state index contributed by atoms with van der Waals surface area (Å²) in [7, 11) is 0. The van der Waals surface area contributed by atoms with Crippen molar-refractivity contribution in [2.75, 3.05) is 26.4 Å². The molecule has 0 aliphatic carbocycles. The number of phenols is 1. The van der Waals surface area contributed by atoms with E-state index in [1.54, 1.807) is 36.4 Å². The van der Waals surface area contributed by atoms with Crippen molar-refractivity contribution in [3.63, 3.8) is 0 Å². The van der Waals surface area contributed by atoms with Crippen LogP contribution < -0.4 is 30.4 Å². The largest absolute Gasteiger partial charge is 0.508 e. The highest BCUT2D eigenvalue weighted by Crippen LogP contribution is 2.27. The number of hydrogen-bond acceptors (Lipinski definition) is 7. The third kappa shape index (κ3) is 14.8. The molecule has 3 aromatic carbocycles. The van der Waals surface area contributed by atoms with Gasteiger partial charge in [0.05, 0.1) is 26.4 Å². The van der Waals surface area contributed by atoms with Crippen molar-refractivity contribution >= 4 is 11.7 Å². The van der Waals surface area contributed by atoms with E-state index in [1.807, 2.05) is 30.3 Å². The Morgan fingerprint density at radius 2 is 0.733 bits per heavy atom. The second kappa shape index (κ2) is 20.5. The number of rotatable bonds is 24. The summed E-state index contributed by atoms with van der Waals surface area (Å²) in [5.74, 6) is 3.15. The van der Waals surface area contributed by atoms with Crippen molar-refractivity contribution in [3.8, 4) is 28.7 Å². The molecule has 0 bridgehead atoms. The van der Waals surface area contributed by atoms with Crippen LogP contribution in [0.2, 0.25) is 0 Å². The van der Waals surface area contributed by atoms with Crippen LogP contribution in [0.5, 0.6) is 28.7 Å². The van der Waals surface area contributed by atoms with Crippen LogP contribution in [-0.2, 0) is 0 Å². The first-order valence-electron chi connectivity index (χ1n) is 16.1. The second-order valence-corrected chi connectivity index (χ2v) is 11.2. The summed E-state index contributed by atoms with van der Waals surface area (Å²) >= 11 is 0. The first kappa shape index (κ1) is 35.1. The summed E-state index contributed by atoms with van der Waals surface area (Å²) in [5, 5.41) is 24.9. The fourth-order valence-corrected chi connectivity index (χ4v) is 4.77. The predicted molar refractivity (Wildman–Crippen MR) is 180 cm³/mol. The molecule has 0 atom stereocenters. The van der Waals surface area contributed by atoms with Crippen LogP contribution in [-0.4, -0.2) is 43.2 Å². The highest BCUT2D eigenvalue weighted by Gasteiger charge is 2.04. The van der Waals surface area contributed by atoms with Crippen LogP contribution in [0.25, 0.3) is 0 Å². The van der Waals surface area contributed by atoms with Crippen molar-refractivity contribution in [1.29, 1.82) is 10.8 Å². The van der Waals surface area contributed by atoms with E-state index in [4.69, 9.17) is 41.2 Å². The van der Waals surface area contributed by atoms with Gasteiger partial charge < -0.3 is 35.5 Å². The first-order chi connectivity index (χ1) is 21.9. The van der Waals surface area contributed by atoms with Gasteiger partial charge in [-0.25, -0.2) is 0 Å². The number of hydrogen-bond donors (Lipinski definition) is 5. The molecule has 3 rings (SSSR count). The Bertz CT molecular complexity index is 1190. The number of nitrogen functional groups attached to an aromatic ring is 2. The summed E-state index contributed by atoms with van der Waals surface area (Å²) in [6.45, 7) is 2.59. The molecule has 45 heavy (non-hydrogen) atoms. The maximum absolute atomic E-state index is 10.1. The lowest BCUT2D eigenvalue weighted by Gasteiger charge is -2.11. The van der Waals surface area contributed by atoms with Crippen LogP contribution >= 0.6 is 0 Å². The summed E-state index contributed by atoms with van der Waals surface area (Å²) < 4.78 is 23.3. The zero-order valence-electron chi connectivity index (χ0n) is 26.4. The zero-order valence-corrected chi connectivity index (χ0v) is 26.4. The van der Waals surface area contributed by atoms with Gasteiger partial charge in [-0.05, 0) is 74.2 Å². The van der Waals surface area contributed by atoms with Gasteiger partial charge in [-0.2, -0.15) is 0 Å². The summed E-state index contributed by atoms with van der Waals surface area (Å²) in [4.78, 5) is 0. The lowest BCUT2D eigenvalue weighted by Crippen LogP contribution is -2.10. The van der Waals surface area contributed by atoms with Crippen LogP contribution in [0, 0.1) is 10.8 Å². The number of nitrogens with two attached hydrogens (primary N) is 2. The van der Waals surface area contributed by atoms with E-state index in [9.17, 15) is 5.11 Å². The minimum absolute atomic E-state index is 0.0628. The van der Waals surface area contributed by atoms with E-state index in [2.05, 4.69) is 0 Å². The van der Waals surface area contributed by atoms with Gasteiger partial charge in [-0.1, -0.05) is 51.4 Å². The molecule has 0 saturated carbocycles. The van der Waals surface area contributed by atoms with Crippen molar-refractivity contribution in [2.24, 2.45) is 11.5 Å². The molecule has 9 heteroatoms. The van der Waals surface area contributed by atoms with E-state index >= 15 is 0 Å². The summed E-state index contributed by atoms with van der Waals surface area (Å²) in [6.07, 6.45) is 13.0. The number of unbranched alkanes of at least 4 members (excludes halogenated alkanes) is 10. The molecule has 0 fully saturated rings. The Balaban J connectivity index is 1.14. The van der Waals surface area contributed by atoms with Gasteiger partial charge in [0.2, 0.25) is 0 Å². The Labute approximate surface area is 267 Å². The molecule has 0 aliphatic rings. The van der Waals surface area contributed by atoms with E-state index in [1.165, 1.54) is 0 Å². The number of amidine groups is 2. The van der Waals surface area contributed by atoms with E-state index < -0.39 is 0 Å². The lowest BCUT2D eigenvalue weighted by atomic mass is 10.1. The Morgan fingerprint density at radius 3 is 1.04 bits per heavy atom. The minimum atomic E-state index is 0.0628. The molecule has 0 saturated heterocycles. The lowest BCUT2D eigenvalue weighted by molar-refractivity contribution is 0.284. The molecule has 3 aromatic rings. The first-order valence-corrected chi connectivity index (χ1v) is 16.1. The van der Waals surface area contributed by atoms with Crippen LogP contribution in [0.1, 0.15) is 88.2 Å². The average molecular weight is 619 g/mol. The highest BCUT2D eigenvalue weighted by molar-refractivity contribution is 5.95. The summed E-state index contributed by atoms with van der Waals surface area (Å²) in [5.41, 5.74) is 12.4. The SMILES string of the molecule is N=C(N)c1ccc(OCCCCCCCCOc2cc(O)cc(OCCCCCCCCOc3ccc(C(=N)N)cc3)c2)cc1. The maximum Gasteiger partial charge on any atom is 0.126 e. The standard InChI is InChI=1S/C36H50N4O5/c37-35(38)28-13-17-31(18-14-28)42-21-9-5-1-3-7-11-23-44-33-25-30(41)26-34(27-33)45-24-12-8-4-2-6-10-22-43-32-19-15-29(16-20-32)36(39)40/h13-20,25-27,41H,1-12,21-24H2,(H3,37,38)(H3,39,40). The van der Waals surface area contributed by atoms with Gasteiger partial charge in [-0.15, -0.1) is 0 Å². The summed E-state index contributed by atoms with van der Waals surface area (Å²) in [6, 6.07) is 19.7. The van der Waals surface area contributed by atoms with Crippen molar-refractivity contribution in [3.05, 3.63) is 77.9 Å². The number of phenolic OH excluding ortho intramolecular Hbond substituents is 1. The number of aromatic hydroxyl groups is 1. The molecule has 9 nitrogen and oxygen atoms in total. The van der Waals surface area contributed by atoms with Crippen molar-refractivity contribution < 1.29 is 24.1 Å². The van der Waals surface area contributed by atoms with Crippen molar-refractivity contribution in [2.45, 2.75) is 77.0 Å². The third-order valence-electron chi connectivity index (χ3n) is 7.35. The molecule has 0 aliphatic heterocycles. The van der Waals surface area contributed by atoms with Gasteiger partial charge in [0.15, 0.2) is 0 Å². The van der Waals surface area contributed by atoms with Gasteiger partial charge >= 0.3 is 0 Å². The van der Waals surface area contributed by atoms with Gasteiger partial charge in [0.1, 0.15) is 40.4 Å². The third-order valence-corrected chi connectivity index (χ3v) is 7.35. The van der Waals surface area contributed by atoms with Crippen LogP contribution in [0.4, 0.5) is 0 Å². The maximum atomic E-state index is 10.1. The van der Waals surface area contributed by atoms with Crippen LogP contribution in [0.3, 0.4) is 0 Å². The molecule has 0 heterocycles. The van der Waals surface area contributed by atoms with Gasteiger partial charge in [0.25, 0.3) is 0 Å². The Kier molecular flexibility index (Phi) is 16.0. The average Bonchev–Trinajstić information content (AvgIpc) is 3.03. The second-order valence-electron chi connectivity index (χ2n) is 11.2.